The Hall–Kier alpha value is -3.62. The summed E-state index contributed by atoms with van der Waals surface area (Å²) in [6.45, 7) is 0.507. The second kappa shape index (κ2) is 10.5. The molecule has 0 atom stereocenters. The molecule has 0 saturated carbocycles. The lowest BCUT2D eigenvalue weighted by Gasteiger charge is -2.08. The van der Waals surface area contributed by atoms with Gasteiger partial charge in [0.2, 0.25) is 0 Å². The summed E-state index contributed by atoms with van der Waals surface area (Å²) in [5.41, 5.74) is 1.99. The van der Waals surface area contributed by atoms with Gasteiger partial charge in [0, 0.05) is 12.7 Å². The molecule has 0 spiro atoms. The van der Waals surface area contributed by atoms with E-state index in [0.717, 1.165) is 10.9 Å². The highest BCUT2D eigenvalue weighted by atomic mass is 19.1. The molecule has 172 valence electrons. The van der Waals surface area contributed by atoms with E-state index in [0.29, 0.717) is 41.5 Å². The summed E-state index contributed by atoms with van der Waals surface area (Å²) in [4.78, 5) is 0. The lowest BCUT2D eigenvalue weighted by Crippen LogP contribution is -2.00. The molecule has 0 aliphatic rings. The third-order valence-electron chi connectivity index (χ3n) is 5.63. The number of aryl methyl sites for hydroxylation is 2. The van der Waals surface area contributed by atoms with Gasteiger partial charge in [-0.15, -0.1) is 0 Å². The fourth-order valence-corrected chi connectivity index (χ4v) is 3.77. The summed E-state index contributed by atoms with van der Waals surface area (Å²) in [6.07, 6.45) is 1.22. The quantitative estimate of drug-likeness (QED) is 0.227. The Morgan fingerprint density at radius 3 is 2.09 bits per heavy atom. The van der Waals surface area contributed by atoms with Gasteiger partial charge in [0.15, 0.2) is 0 Å². The van der Waals surface area contributed by atoms with Crippen LogP contribution < -0.4 is 0 Å². The van der Waals surface area contributed by atoms with Gasteiger partial charge in [-0.3, -0.25) is 0 Å². The minimum atomic E-state index is -0.763. The summed E-state index contributed by atoms with van der Waals surface area (Å²) in [7, 11) is 1.59. The fraction of sp³-hybridized carbons (Fsp3) is 0.172. The Bertz CT molecular complexity index is 1380. The highest BCUT2D eigenvalue weighted by Crippen LogP contribution is 2.20. The Morgan fingerprint density at radius 2 is 1.35 bits per heavy atom. The molecule has 1 nitrogen and oxygen atoms in total. The van der Waals surface area contributed by atoms with Gasteiger partial charge in [-0.2, -0.15) is 0 Å². The van der Waals surface area contributed by atoms with Crippen LogP contribution >= 0.6 is 0 Å². The van der Waals surface area contributed by atoms with Crippen LogP contribution in [0.25, 0.3) is 10.8 Å². The number of ether oxygens (including phenoxy) is 1. The Morgan fingerprint density at radius 1 is 0.647 bits per heavy atom. The van der Waals surface area contributed by atoms with E-state index in [-0.39, 0.29) is 23.6 Å². The van der Waals surface area contributed by atoms with Gasteiger partial charge >= 0.3 is 0 Å². The van der Waals surface area contributed by atoms with Crippen molar-refractivity contribution in [1.29, 1.82) is 0 Å². The Kier molecular flexibility index (Phi) is 7.30. The van der Waals surface area contributed by atoms with Crippen LogP contribution in [-0.2, 0) is 24.0 Å². The van der Waals surface area contributed by atoms with Gasteiger partial charge in [0.1, 0.15) is 23.3 Å². The zero-order valence-corrected chi connectivity index (χ0v) is 18.6. The molecule has 5 heteroatoms. The van der Waals surface area contributed by atoms with Crippen molar-refractivity contribution in [3.05, 3.63) is 118 Å². The summed E-state index contributed by atoms with van der Waals surface area (Å²) in [6, 6.07) is 17.0. The second-order valence-electron chi connectivity index (χ2n) is 8.06. The molecule has 0 radical (unpaired) electrons. The summed E-state index contributed by atoms with van der Waals surface area (Å²) in [5, 5.41) is 1.50. The largest absolute Gasteiger partial charge is 0.384 e. The molecule has 0 aliphatic heterocycles. The van der Waals surface area contributed by atoms with Crippen LogP contribution in [0.4, 0.5) is 17.6 Å². The second-order valence-corrected chi connectivity index (χ2v) is 8.06. The smallest absolute Gasteiger partial charge is 0.142 e. The van der Waals surface area contributed by atoms with Crippen molar-refractivity contribution < 1.29 is 22.3 Å². The van der Waals surface area contributed by atoms with E-state index in [2.05, 4.69) is 11.8 Å². The van der Waals surface area contributed by atoms with Crippen molar-refractivity contribution in [2.45, 2.75) is 19.3 Å². The van der Waals surface area contributed by atoms with Gasteiger partial charge in [-0.05, 0) is 89.2 Å². The molecule has 0 fully saturated rings. The molecule has 0 heterocycles. The van der Waals surface area contributed by atoms with Crippen LogP contribution in [0.5, 0.6) is 0 Å². The van der Waals surface area contributed by atoms with Crippen molar-refractivity contribution in [2.24, 2.45) is 0 Å². The normalized spacial score (nSPS) is 10.9. The van der Waals surface area contributed by atoms with Gasteiger partial charge < -0.3 is 4.74 Å². The number of methoxy groups -OCH3 is 1. The van der Waals surface area contributed by atoms with Crippen molar-refractivity contribution in [2.75, 3.05) is 13.7 Å². The summed E-state index contributed by atoms with van der Waals surface area (Å²) in [5.74, 6) is 3.13. The van der Waals surface area contributed by atoms with Crippen molar-refractivity contribution in [1.82, 2.24) is 0 Å². The zero-order chi connectivity index (χ0) is 24.1. The highest BCUT2D eigenvalue weighted by Gasteiger charge is 2.11. The summed E-state index contributed by atoms with van der Waals surface area (Å²) < 4.78 is 61.9. The van der Waals surface area contributed by atoms with Crippen molar-refractivity contribution >= 4 is 10.8 Å². The van der Waals surface area contributed by atoms with Gasteiger partial charge in [0.05, 0.1) is 12.2 Å². The monoisotopic (exact) mass is 462 g/mol. The predicted octanol–water partition coefficient (Wildman–Crippen LogP) is 6.77. The van der Waals surface area contributed by atoms with Gasteiger partial charge in [0.25, 0.3) is 0 Å². The van der Waals surface area contributed by atoms with Crippen LogP contribution in [0.1, 0.15) is 27.8 Å². The van der Waals surface area contributed by atoms with E-state index in [1.165, 1.54) is 30.3 Å². The first-order valence-corrected chi connectivity index (χ1v) is 10.9. The number of rotatable bonds is 6. The molecule has 0 aromatic heterocycles. The average Bonchev–Trinajstić information content (AvgIpc) is 2.81. The third kappa shape index (κ3) is 5.65. The molecule has 0 saturated heterocycles. The van der Waals surface area contributed by atoms with E-state index in [1.54, 1.807) is 37.4 Å². The fourth-order valence-electron chi connectivity index (χ4n) is 3.77. The standard InChI is InChI=1S/C29H22F4O/c1-34-13-12-20-2-6-22(27(31)15-20)7-4-21-16-28(32)26(29(33)17-21)11-5-19-3-8-24-18-25(30)10-9-23(24)14-19/h2-3,6,8-10,14-18H,4,7,12-13H2,1H3. The van der Waals surface area contributed by atoms with Crippen molar-refractivity contribution in [3.63, 3.8) is 0 Å². The van der Waals surface area contributed by atoms with E-state index in [9.17, 15) is 17.6 Å². The van der Waals surface area contributed by atoms with Gasteiger partial charge in [-0.1, -0.05) is 36.1 Å². The van der Waals surface area contributed by atoms with E-state index in [4.69, 9.17) is 4.74 Å². The first-order valence-electron chi connectivity index (χ1n) is 10.9. The SMILES string of the molecule is COCCc1ccc(CCc2cc(F)c(C#Cc3ccc4cc(F)ccc4c3)c(F)c2)c(F)c1. The minimum Gasteiger partial charge on any atom is -0.384 e. The molecule has 4 aromatic rings. The number of halogens is 4. The van der Waals surface area contributed by atoms with E-state index < -0.39 is 11.6 Å². The van der Waals surface area contributed by atoms with Crippen LogP contribution in [-0.4, -0.2) is 13.7 Å². The van der Waals surface area contributed by atoms with E-state index >= 15 is 0 Å². The Labute approximate surface area is 196 Å². The minimum absolute atomic E-state index is 0.289. The maximum Gasteiger partial charge on any atom is 0.142 e. The molecular formula is C29H22F4O. The van der Waals surface area contributed by atoms with Crippen molar-refractivity contribution in [3.8, 4) is 11.8 Å². The molecule has 4 rings (SSSR count). The molecule has 0 aliphatic carbocycles. The average molecular weight is 462 g/mol. The number of hydrogen-bond acceptors (Lipinski definition) is 1. The van der Waals surface area contributed by atoms with Crippen LogP contribution in [0, 0.1) is 35.1 Å². The molecule has 4 aromatic carbocycles. The molecule has 0 amide bonds. The predicted molar refractivity (Wildman–Crippen MR) is 126 cm³/mol. The highest BCUT2D eigenvalue weighted by molar-refractivity contribution is 5.84. The van der Waals surface area contributed by atoms with Gasteiger partial charge in [-0.25, -0.2) is 17.6 Å². The molecule has 0 N–H and O–H groups in total. The maximum atomic E-state index is 14.6. The molecule has 34 heavy (non-hydrogen) atoms. The lowest BCUT2D eigenvalue weighted by atomic mass is 10.0. The molecule has 0 unspecified atom stereocenters. The third-order valence-corrected chi connectivity index (χ3v) is 5.63. The van der Waals surface area contributed by atoms with E-state index in [1.807, 2.05) is 6.07 Å². The molecule has 0 bridgehead atoms. The first-order chi connectivity index (χ1) is 16.4. The number of hydrogen-bond donors (Lipinski definition) is 0. The zero-order valence-electron chi connectivity index (χ0n) is 18.6. The topological polar surface area (TPSA) is 9.23 Å². The van der Waals surface area contributed by atoms with Crippen LogP contribution in [0.2, 0.25) is 0 Å². The maximum absolute atomic E-state index is 14.6. The summed E-state index contributed by atoms with van der Waals surface area (Å²) >= 11 is 0. The Balaban J connectivity index is 1.48. The van der Waals surface area contributed by atoms with Crippen LogP contribution in [0.3, 0.4) is 0 Å². The lowest BCUT2D eigenvalue weighted by molar-refractivity contribution is 0.202. The van der Waals surface area contributed by atoms with Crippen LogP contribution in [0.15, 0.2) is 66.7 Å². The number of benzene rings is 4. The number of fused-ring (bicyclic) bond motifs is 1. The molecular weight excluding hydrogens is 440 g/mol. The first kappa shape index (κ1) is 23.5.